The van der Waals surface area contributed by atoms with E-state index < -0.39 is 0 Å². The molecule has 0 saturated heterocycles. The van der Waals surface area contributed by atoms with Crippen molar-refractivity contribution in [2.45, 2.75) is 38.6 Å². The van der Waals surface area contributed by atoms with Gasteiger partial charge in [-0.15, -0.1) is 0 Å². The Balaban J connectivity index is 2.49. The zero-order chi connectivity index (χ0) is 11.3. The van der Waals surface area contributed by atoms with Crippen molar-refractivity contribution < 1.29 is 9.90 Å². The van der Waals surface area contributed by atoms with Crippen LogP contribution in [0.4, 0.5) is 0 Å². The number of nitrogens with zero attached hydrogens (tertiary/aromatic N) is 1. The molecule has 88 valence electrons. The highest BCUT2D eigenvalue weighted by atomic mass is 16.3. The average molecular weight is 214 g/mol. The molecule has 1 atom stereocenters. The van der Waals surface area contributed by atoms with Gasteiger partial charge in [-0.05, 0) is 32.2 Å². The average Bonchev–Trinajstić information content (AvgIpc) is 2.13. The maximum Gasteiger partial charge on any atom is 0.225 e. The summed E-state index contributed by atoms with van der Waals surface area (Å²) in [4.78, 5) is 13.9. The van der Waals surface area contributed by atoms with Gasteiger partial charge in [0.2, 0.25) is 5.91 Å². The lowest BCUT2D eigenvalue weighted by atomic mass is 9.90. The Morgan fingerprint density at radius 1 is 1.60 bits per heavy atom. The van der Waals surface area contributed by atoms with Crippen LogP contribution in [0.15, 0.2) is 0 Å². The van der Waals surface area contributed by atoms with Gasteiger partial charge in [-0.3, -0.25) is 4.79 Å². The smallest absolute Gasteiger partial charge is 0.225 e. The summed E-state index contributed by atoms with van der Waals surface area (Å²) >= 11 is 0. The first-order chi connectivity index (χ1) is 7.20. The van der Waals surface area contributed by atoms with Crippen LogP contribution in [-0.2, 0) is 4.79 Å². The molecule has 0 radical (unpaired) electrons. The van der Waals surface area contributed by atoms with E-state index in [0.29, 0.717) is 19.1 Å². The lowest BCUT2D eigenvalue weighted by Crippen LogP contribution is -2.47. The zero-order valence-corrected chi connectivity index (χ0v) is 9.48. The van der Waals surface area contributed by atoms with Crippen molar-refractivity contribution in [1.29, 1.82) is 0 Å². The lowest BCUT2D eigenvalue weighted by molar-refractivity contribution is -0.139. The van der Waals surface area contributed by atoms with Crippen LogP contribution in [0, 0.1) is 5.92 Å². The number of nitrogens with two attached hydrogens (primary N) is 1. The van der Waals surface area contributed by atoms with Gasteiger partial charge in [-0.25, -0.2) is 0 Å². The normalized spacial score (nSPS) is 18.3. The number of rotatable bonds is 6. The first kappa shape index (κ1) is 12.5. The quantitative estimate of drug-likeness (QED) is 0.670. The van der Waals surface area contributed by atoms with Crippen LogP contribution in [0.1, 0.15) is 32.6 Å². The van der Waals surface area contributed by atoms with Gasteiger partial charge in [0.1, 0.15) is 0 Å². The molecule has 0 aromatic heterocycles. The van der Waals surface area contributed by atoms with Crippen molar-refractivity contribution in [3.05, 3.63) is 0 Å². The standard InChI is InChI=1S/C11H22N2O2/c1-9(5-6-12)11(15)13(7-8-14)10-3-2-4-10/h9-10,14H,2-8,12H2,1H3. The van der Waals surface area contributed by atoms with Crippen molar-refractivity contribution in [1.82, 2.24) is 4.90 Å². The Kier molecular flexibility index (Phi) is 5.05. The molecule has 1 rings (SSSR count). The highest BCUT2D eigenvalue weighted by molar-refractivity contribution is 5.78. The molecule has 4 heteroatoms. The maximum atomic E-state index is 12.0. The third-order valence-electron chi connectivity index (χ3n) is 3.16. The summed E-state index contributed by atoms with van der Waals surface area (Å²) < 4.78 is 0. The Hall–Kier alpha value is -0.610. The Morgan fingerprint density at radius 3 is 2.67 bits per heavy atom. The molecule has 0 aromatic carbocycles. The number of hydrogen-bond donors (Lipinski definition) is 2. The Labute approximate surface area is 91.4 Å². The summed E-state index contributed by atoms with van der Waals surface area (Å²) in [6, 6.07) is 0.366. The molecule has 0 spiro atoms. The number of hydrogen-bond acceptors (Lipinski definition) is 3. The fourth-order valence-electron chi connectivity index (χ4n) is 1.94. The van der Waals surface area contributed by atoms with Gasteiger partial charge in [0, 0.05) is 18.5 Å². The molecular weight excluding hydrogens is 192 g/mol. The molecule has 1 unspecified atom stereocenters. The van der Waals surface area contributed by atoms with Crippen molar-refractivity contribution in [2.24, 2.45) is 11.7 Å². The van der Waals surface area contributed by atoms with Gasteiger partial charge in [-0.2, -0.15) is 0 Å². The summed E-state index contributed by atoms with van der Waals surface area (Å²) in [5.41, 5.74) is 5.44. The number of aliphatic hydroxyl groups excluding tert-OH is 1. The molecule has 0 aromatic rings. The van der Waals surface area contributed by atoms with Crippen LogP contribution < -0.4 is 5.73 Å². The summed E-state index contributed by atoms with van der Waals surface area (Å²) in [5.74, 6) is 0.140. The summed E-state index contributed by atoms with van der Waals surface area (Å²) in [6.07, 6.45) is 4.10. The second kappa shape index (κ2) is 6.08. The SMILES string of the molecule is CC(CCN)C(=O)N(CCO)C1CCC1. The molecular formula is C11H22N2O2. The van der Waals surface area contributed by atoms with Crippen LogP contribution in [0.3, 0.4) is 0 Å². The van der Waals surface area contributed by atoms with E-state index in [1.807, 2.05) is 11.8 Å². The van der Waals surface area contributed by atoms with Crippen LogP contribution in [0.2, 0.25) is 0 Å². The van der Waals surface area contributed by atoms with Crippen molar-refractivity contribution in [2.75, 3.05) is 19.7 Å². The van der Waals surface area contributed by atoms with Crippen LogP contribution in [0.5, 0.6) is 0 Å². The van der Waals surface area contributed by atoms with Crippen LogP contribution >= 0.6 is 0 Å². The van der Waals surface area contributed by atoms with Crippen molar-refractivity contribution in [3.63, 3.8) is 0 Å². The van der Waals surface area contributed by atoms with Crippen LogP contribution in [-0.4, -0.2) is 41.7 Å². The topological polar surface area (TPSA) is 66.6 Å². The van der Waals surface area contributed by atoms with E-state index in [0.717, 1.165) is 19.3 Å². The van der Waals surface area contributed by atoms with Gasteiger partial charge in [-0.1, -0.05) is 6.92 Å². The molecule has 1 amide bonds. The van der Waals surface area contributed by atoms with Gasteiger partial charge >= 0.3 is 0 Å². The molecule has 0 aliphatic heterocycles. The Morgan fingerprint density at radius 2 is 2.27 bits per heavy atom. The minimum absolute atomic E-state index is 0.0119. The molecule has 4 nitrogen and oxygen atoms in total. The van der Waals surface area contributed by atoms with E-state index >= 15 is 0 Å². The molecule has 3 N–H and O–H groups in total. The molecule has 1 fully saturated rings. The Bertz CT molecular complexity index is 205. The maximum absolute atomic E-state index is 12.0. The van der Waals surface area contributed by atoms with Gasteiger partial charge in [0.25, 0.3) is 0 Å². The van der Waals surface area contributed by atoms with E-state index in [4.69, 9.17) is 10.8 Å². The molecule has 1 saturated carbocycles. The first-order valence-electron chi connectivity index (χ1n) is 5.82. The minimum Gasteiger partial charge on any atom is -0.395 e. The predicted molar refractivity (Wildman–Crippen MR) is 59.3 cm³/mol. The van der Waals surface area contributed by atoms with Crippen LogP contribution in [0.25, 0.3) is 0 Å². The third kappa shape index (κ3) is 3.18. The van der Waals surface area contributed by atoms with E-state index in [2.05, 4.69) is 0 Å². The van der Waals surface area contributed by atoms with Crippen molar-refractivity contribution >= 4 is 5.91 Å². The fraction of sp³-hybridized carbons (Fsp3) is 0.909. The number of carbonyl (C=O) groups excluding carboxylic acids is 1. The number of amides is 1. The first-order valence-corrected chi connectivity index (χ1v) is 5.82. The third-order valence-corrected chi connectivity index (χ3v) is 3.16. The van der Waals surface area contributed by atoms with Gasteiger partial charge in [0.15, 0.2) is 0 Å². The van der Waals surface area contributed by atoms with Gasteiger partial charge in [0.05, 0.1) is 6.61 Å². The summed E-state index contributed by atoms with van der Waals surface area (Å²) in [5, 5.41) is 8.95. The molecule has 0 heterocycles. The lowest BCUT2D eigenvalue weighted by Gasteiger charge is -2.38. The molecule has 0 bridgehead atoms. The largest absolute Gasteiger partial charge is 0.395 e. The molecule has 1 aliphatic rings. The highest BCUT2D eigenvalue weighted by Gasteiger charge is 2.30. The van der Waals surface area contributed by atoms with E-state index in [1.54, 1.807) is 0 Å². The number of carbonyl (C=O) groups is 1. The molecule has 1 aliphatic carbocycles. The second-order valence-corrected chi connectivity index (χ2v) is 4.32. The summed E-state index contributed by atoms with van der Waals surface area (Å²) in [7, 11) is 0. The zero-order valence-electron chi connectivity index (χ0n) is 9.48. The van der Waals surface area contributed by atoms with Crippen molar-refractivity contribution in [3.8, 4) is 0 Å². The van der Waals surface area contributed by atoms with E-state index in [1.165, 1.54) is 6.42 Å². The highest BCUT2D eigenvalue weighted by Crippen LogP contribution is 2.26. The molecule has 15 heavy (non-hydrogen) atoms. The fourth-order valence-corrected chi connectivity index (χ4v) is 1.94. The predicted octanol–water partition coefficient (Wildman–Crippen LogP) is 0.345. The second-order valence-electron chi connectivity index (χ2n) is 4.32. The van der Waals surface area contributed by atoms with E-state index in [9.17, 15) is 4.79 Å². The minimum atomic E-state index is -0.0119. The number of aliphatic hydroxyl groups is 1. The van der Waals surface area contributed by atoms with Gasteiger partial charge < -0.3 is 15.7 Å². The summed E-state index contributed by atoms with van der Waals surface area (Å²) in [6.45, 7) is 2.98. The monoisotopic (exact) mass is 214 g/mol. The van der Waals surface area contributed by atoms with E-state index in [-0.39, 0.29) is 18.4 Å².